The summed E-state index contributed by atoms with van der Waals surface area (Å²) in [7, 11) is 0. The van der Waals surface area contributed by atoms with Crippen LogP contribution >= 0.6 is 0 Å². The summed E-state index contributed by atoms with van der Waals surface area (Å²) in [4.78, 5) is 6.37. The van der Waals surface area contributed by atoms with Gasteiger partial charge in [0.05, 0.1) is 23.1 Å². The molecule has 1 aromatic rings. The minimum atomic E-state index is -0.244. The van der Waals surface area contributed by atoms with Gasteiger partial charge < -0.3 is 15.4 Å². The summed E-state index contributed by atoms with van der Waals surface area (Å²) in [5, 5.41) is 7.68. The molecule has 0 aromatic carbocycles. The number of hydrogen-bond donors (Lipinski definition) is 2. The van der Waals surface area contributed by atoms with Gasteiger partial charge in [0.25, 0.3) is 0 Å². The smallest absolute Gasteiger partial charge is 0.125 e. The van der Waals surface area contributed by atoms with Crippen molar-refractivity contribution in [2.75, 3.05) is 18.0 Å². The van der Waals surface area contributed by atoms with Gasteiger partial charge in [0.1, 0.15) is 5.84 Å². The van der Waals surface area contributed by atoms with Gasteiger partial charge in [0.15, 0.2) is 0 Å². The number of amidine groups is 1. The monoisotopic (exact) mass is 262 g/mol. The summed E-state index contributed by atoms with van der Waals surface area (Å²) >= 11 is 0. The molecule has 0 atom stereocenters. The molecule has 104 valence electrons. The first-order chi connectivity index (χ1) is 8.70. The normalized spacial score (nSPS) is 21.2. The maximum atomic E-state index is 7.68. The summed E-state index contributed by atoms with van der Waals surface area (Å²) in [5.41, 5.74) is 6.79. The maximum absolute atomic E-state index is 7.68. The van der Waals surface area contributed by atoms with E-state index in [1.54, 1.807) is 18.5 Å². The molecule has 0 unspecified atom stereocenters. The lowest BCUT2D eigenvalue weighted by Gasteiger charge is -2.48. The van der Waals surface area contributed by atoms with Crippen LogP contribution in [-0.4, -0.2) is 35.1 Å². The van der Waals surface area contributed by atoms with Gasteiger partial charge in [-0.1, -0.05) is 0 Å². The fraction of sp³-hybridized carbons (Fsp3) is 0.571. The van der Waals surface area contributed by atoms with Crippen LogP contribution in [0.4, 0.5) is 5.69 Å². The Hall–Kier alpha value is -1.62. The molecule has 0 amide bonds. The molecule has 5 nitrogen and oxygen atoms in total. The average molecular weight is 262 g/mol. The van der Waals surface area contributed by atoms with Crippen LogP contribution in [0.3, 0.4) is 0 Å². The van der Waals surface area contributed by atoms with Gasteiger partial charge in [-0.15, -0.1) is 0 Å². The molecule has 1 saturated heterocycles. The van der Waals surface area contributed by atoms with Gasteiger partial charge in [-0.05, 0) is 33.8 Å². The summed E-state index contributed by atoms with van der Waals surface area (Å²) in [6.07, 6.45) is 3.44. The third kappa shape index (κ3) is 3.04. The first kappa shape index (κ1) is 13.8. The number of hydrogen-bond acceptors (Lipinski definition) is 4. The average Bonchev–Trinajstić information content (AvgIpc) is 2.24. The van der Waals surface area contributed by atoms with E-state index in [1.807, 2.05) is 0 Å². The Morgan fingerprint density at radius 3 is 2.42 bits per heavy atom. The molecule has 2 heterocycles. The highest BCUT2D eigenvalue weighted by atomic mass is 16.5. The molecule has 1 aromatic heterocycles. The van der Waals surface area contributed by atoms with Gasteiger partial charge in [-0.25, -0.2) is 0 Å². The standard InChI is InChI=1S/C14H22N4O/c1-13(2)8-18(9-14(3,4)19-13)11-7-17-6-5-10(11)12(15)16/h5-7H,8-9H2,1-4H3,(H3,15,16). The largest absolute Gasteiger partial charge is 0.384 e. The fourth-order valence-electron chi connectivity index (χ4n) is 2.82. The van der Waals surface area contributed by atoms with Crippen LogP contribution in [0.15, 0.2) is 18.5 Å². The van der Waals surface area contributed by atoms with E-state index >= 15 is 0 Å². The number of morpholine rings is 1. The molecule has 1 fully saturated rings. The molecular weight excluding hydrogens is 240 g/mol. The van der Waals surface area contributed by atoms with Crippen LogP contribution in [0, 0.1) is 5.41 Å². The van der Waals surface area contributed by atoms with Crippen LogP contribution in [0.2, 0.25) is 0 Å². The topological polar surface area (TPSA) is 75.2 Å². The second kappa shape index (κ2) is 4.49. The van der Waals surface area contributed by atoms with E-state index in [4.69, 9.17) is 15.9 Å². The van der Waals surface area contributed by atoms with Crippen LogP contribution in [0.1, 0.15) is 33.3 Å². The van der Waals surface area contributed by atoms with Gasteiger partial charge in [-0.2, -0.15) is 0 Å². The number of rotatable bonds is 2. The SMILES string of the molecule is CC1(C)CN(c2cnccc2C(=N)N)CC(C)(C)O1. The molecule has 3 N–H and O–H groups in total. The number of pyridine rings is 1. The third-order valence-corrected chi connectivity index (χ3v) is 3.13. The number of nitrogens with one attached hydrogen (secondary N) is 1. The predicted molar refractivity (Wildman–Crippen MR) is 76.7 cm³/mol. The van der Waals surface area contributed by atoms with E-state index in [1.165, 1.54) is 0 Å². The van der Waals surface area contributed by atoms with Crippen molar-refractivity contribution in [1.82, 2.24) is 4.98 Å². The van der Waals surface area contributed by atoms with Crippen LogP contribution < -0.4 is 10.6 Å². The molecule has 0 aliphatic carbocycles. The number of aromatic nitrogens is 1. The van der Waals surface area contributed by atoms with Crippen molar-refractivity contribution in [2.24, 2.45) is 5.73 Å². The minimum absolute atomic E-state index is 0.0690. The molecule has 5 heteroatoms. The molecule has 1 aliphatic heterocycles. The Labute approximate surface area is 114 Å². The van der Waals surface area contributed by atoms with Crippen molar-refractivity contribution in [1.29, 1.82) is 5.41 Å². The van der Waals surface area contributed by atoms with Crippen LogP contribution in [0.5, 0.6) is 0 Å². The number of nitrogens with two attached hydrogens (primary N) is 1. The second-order valence-corrected chi connectivity index (χ2v) is 6.28. The molecule has 0 saturated carbocycles. The first-order valence-corrected chi connectivity index (χ1v) is 6.44. The van der Waals surface area contributed by atoms with Gasteiger partial charge in [-0.3, -0.25) is 10.4 Å². The van der Waals surface area contributed by atoms with Gasteiger partial charge in [0.2, 0.25) is 0 Å². The van der Waals surface area contributed by atoms with E-state index < -0.39 is 0 Å². The number of nitrogen functional groups attached to an aromatic ring is 1. The Morgan fingerprint density at radius 2 is 1.89 bits per heavy atom. The zero-order valence-electron chi connectivity index (χ0n) is 12.0. The van der Waals surface area contributed by atoms with E-state index in [0.29, 0.717) is 0 Å². The van der Waals surface area contributed by atoms with Crippen molar-refractivity contribution in [2.45, 2.75) is 38.9 Å². The Bertz CT molecular complexity index is 480. The van der Waals surface area contributed by atoms with Gasteiger partial charge in [0, 0.05) is 24.8 Å². The number of ether oxygens (including phenoxy) is 1. The lowest BCUT2D eigenvalue weighted by molar-refractivity contribution is -0.133. The van der Waals surface area contributed by atoms with E-state index in [-0.39, 0.29) is 17.0 Å². The third-order valence-electron chi connectivity index (χ3n) is 3.13. The second-order valence-electron chi connectivity index (χ2n) is 6.28. The quantitative estimate of drug-likeness (QED) is 0.629. The summed E-state index contributed by atoms with van der Waals surface area (Å²) < 4.78 is 6.07. The lowest BCUT2D eigenvalue weighted by Crippen LogP contribution is -2.57. The zero-order chi connectivity index (χ0) is 14.3. The minimum Gasteiger partial charge on any atom is -0.384 e. The highest BCUT2D eigenvalue weighted by Gasteiger charge is 2.38. The summed E-state index contributed by atoms with van der Waals surface area (Å²) in [6.45, 7) is 9.80. The molecule has 0 radical (unpaired) electrons. The maximum Gasteiger partial charge on any atom is 0.125 e. The Balaban J connectivity index is 2.39. The predicted octanol–water partition coefficient (Wildman–Crippen LogP) is 1.76. The fourth-order valence-corrected chi connectivity index (χ4v) is 2.82. The first-order valence-electron chi connectivity index (χ1n) is 6.44. The van der Waals surface area contributed by atoms with Crippen molar-refractivity contribution < 1.29 is 4.74 Å². The van der Waals surface area contributed by atoms with E-state index in [2.05, 4.69) is 37.6 Å². The van der Waals surface area contributed by atoms with E-state index in [9.17, 15) is 0 Å². The van der Waals surface area contributed by atoms with Crippen LogP contribution in [0.25, 0.3) is 0 Å². The molecule has 2 rings (SSSR count). The molecule has 0 bridgehead atoms. The Morgan fingerprint density at radius 1 is 1.32 bits per heavy atom. The highest BCUT2D eigenvalue weighted by molar-refractivity contribution is 6.00. The van der Waals surface area contributed by atoms with Crippen molar-refractivity contribution in [3.05, 3.63) is 24.0 Å². The number of anilines is 1. The van der Waals surface area contributed by atoms with Gasteiger partial charge >= 0.3 is 0 Å². The zero-order valence-corrected chi connectivity index (χ0v) is 12.0. The summed E-state index contributed by atoms with van der Waals surface area (Å²) in [5.74, 6) is 0.0690. The van der Waals surface area contributed by atoms with Crippen molar-refractivity contribution in [3.8, 4) is 0 Å². The molecule has 19 heavy (non-hydrogen) atoms. The molecule has 0 spiro atoms. The highest BCUT2D eigenvalue weighted by Crippen LogP contribution is 2.32. The summed E-state index contributed by atoms with van der Waals surface area (Å²) in [6, 6.07) is 1.78. The lowest BCUT2D eigenvalue weighted by atomic mass is 9.98. The molecular formula is C14H22N4O. The van der Waals surface area contributed by atoms with E-state index in [0.717, 1.165) is 24.3 Å². The van der Waals surface area contributed by atoms with Crippen molar-refractivity contribution >= 4 is 11.5 Å². The molecule has 1 aliphatic rings. The number of nitrogens with zero attached hydrogens (tertiary/aromatic N) is 2. The Kier molecular flexibility index (Phi) is 3.26. The van der Waals surface area contributed by atoms with Crippen LogP contribution in [-0.2, 0) is 4.74 Å². The van der Waals surface area contributed by atoms with Crippen molar-refractivity contribution in [3.63, 3.8) is 0 Å².